The van der Waals surface area contributed by atoms with Crippen molar-refractivity contribution in [3.63, 3.8) is 0 Å². The van der Waals surface area contributed by atoms with E-state index in [4.69, 9.17) is 0 Å². The van der Waals surface area contributed by atoms with Gasteiger partial charge in [0.1, 0.15) is 0 Å². The molecule has 4 rings (SSSR count). The maximum Gasteiger partial charge on any atom is 0.0195 e. The SMILES string of the molecule is CCC1CCNC(CNC2C3C4CCC(C4)C23)C1. The lowest BCUT2D eigenvalue weighted by molar-refractivity contribution is 0.283. The molecule has 2 N–H and O–H groups in total. The van der Waals surface area contributed by atoms with Crippen LogP contribution in [0.15, 0.2) is 0 Å². The van der Waals surface area contributed by atoms with Crippen LogP contribution >= 0.6 is 0 Å². The van der Waals surface area contributed by atoms with Gasteiger partial charge in [0.25, 0.3) is 0 Å². The van der Waals surface area contributed by atoms with Crippen molar-refractivity contribution in [1.29, 1.82) is 0 Å². The molecule has 0 aromatic heterocycles. The Morgan fingerprint density at radius 1 is 1.06 bits per heavy atom. The molecule has 6 unspecified atom stereocenters. The summed E-state index contributed by atoms with van der Waals surface area (Å²) in [4.78, 5) is 0. The maximum absolute atomic E-state index is 3.91. The van der Waals surface area contributed by atoms with Gasteiger partial charge in [-0.25, -0.2) is 0 Å². The van der Waals surface area contributed by atoms with Crippen LogP contribution in [0.25, 0.3) is 0 Å². The summed E-state index contributed by atoms with van der Waals surface area (Å²) in [5.74, 6) is 5.39. The fourth-order valence-electron chi connectivity index (χ4n) is 5.50. The van der Waals surface area contributed by atoms with Crippen LogP contribution < -0.4 is 10.6 Å². The lowest BCUT2D eigenvalue weighted by atomic mass is 9.90. The van der Waals surface area contributed by atoms with Crippen molar-refractivity contribution in [2.24, 2.45) is 29.6 Å². The van der Waals surface area contributed by atoms with Crippen LogP contribution in [0, 0.1) is 29.6 Å². The van der Waals surface area contributed by atoms with Crippen molar-refractivity contribution in [2.45, 2.75) is 57.5 Å². The van der Waals surface area contributed by atoms with Crippen molar-refractivity contribution < 1.29 is 0 Å². The Kier molecular flexibility index (Phi) is 2.92. The molecule has 1 saturated heterocycles. The molecule has 0 radical (unpaired) electrons. The van der Waals surface area contributed by atoms with E-state index in [-0.39, 0.29) is 0 Å². The fraction of sp³-hybridized carbons (Fsp3) is 1.00. The van der Waals surface area contributed by atoms with Gasteiger partial charge in [0.15, 0.2) is 0 Å². The fourth-order valence-corrected chi connectivity index (χ4v) is 5.50. The van der Waals surface area contributed by atoms with Crippen LogP contribution in [0.1, 0.15) is 45.4 Å². The molecule has 0 spiro atoms. The summed E-state index contributed by atoms with van der Waals surface area (Å²) in [6.45, 7) is 4.82. The van der Waals surface area contributed by atoms with Crippen LogP contribution in [0.5, 0.6) is 0 Å². The summed E-state index contributed by atoms with van der Waals surface area (Å²) in [5.41, 5.74) is 0. The molecule has 2 heteroatoms. The number of nitrogens with one attached hydrogen (secondary N) is 2. The van der Waals surface area contributed by atoms with Crippen LogP contribution in [-0.4, -0.2) is 25.2 Å². The lowest BCUT2D eigenvalue weighted by Gasteiger charge is -2.30. The van der Waals surface area contributed by atoms with Crippen molar-refractivity contribution in [3.05, 3.63) is 0 Å². The first-order chi connectivity index (χ1) is 8.86. The van der Waals surface area contributed by atoms with Gasteiger partial charge in [0, 0.05) is 18.6 Å². The Morgan fingerprint density at radius 3 is 2.56 bits per heavy atom. The lowest BCUT2D eigenvalue weighted by Crippen LogP contribution is -2.45. The molecule has 0 aromatic carbocycles. The third-order valence-corrected chi connectivity index (χ3v) is 6.52. The first kappa shape index (κ1) is 11.7. The minimum atomic E-state index is 0.752. The van der Waals surface area contributed by atoms with Gasteiger partial charge in [-0.05, 0) is 68.2 Å². The second-order valence-electron chi connectivity index (χ2n) is 7.37. The normalized spacial score (nSPS) is 53.5. The molecule has 3 saturated carbocycles. The van der Waals surface area contributed by atoms with E-state index in [2.05, 4.69) is 17.6 Å². The summed E-state index contributed by atoms with van der Waals surface area (Å²) >= 11 is 0. The van der Waals surface area contributed by atoms with Gasteiger partial charge in [-0.2, -0.15) is 0 Å². The number of fused-ring (bicyclic) bond motifs is 5. The highest BCUT2D eigenvalue weighted by Crippen LogP contribution is 2.65. The Morgan fingerprint density at radius 2 is 1.83 bits per heavy atom. The first-order valence-corrected chi connectivity index (χ1v) is 8.33. The van der Waals surface area contributed by atoms with Gasteiger partial charge in [0.2, 0.25) is 0 Å². The Labute approximate surface area is 111 Å². The summed E-state index contributed by atoms with van der Waals surface area (Å²) < 4.78 is 0. The van der Waals surface area contributed by atoms with Crippen molar-refractivity contribution >= 4 is 0 Å². The molecule has 0 aromatic rings. The largest absolute Gasteiger partial charge is 0.313 e. The van der Waals surface area contributed by atoms with Crippen LogP contribution in [0.4, 0.5) is 0 Å². The van der Waals surface area contributed by atoms with Gasteiger partial charge in [-0.1, -0.05) is 13.3 Å². The topological polar surface area (TPSA) is 24.1 Å². The highest BCUT2D eigenvalue weighted by Gasteiger charge is 2.64. The molecule has 4 aliphatic rings. The first-order valence-electron chi connectivity index (χ1n) is 8.33. The highest BCUT2D eigenvalue weighted by atomic mass is 15.1. The van der Waals surface area contributed by atoms with Crippen molar-refractivity contribution in [3.8, 4) is 0 Å². The zero-order valence-corrected chi connectivity index (χ0v) is 11.7. The van der Waals surface area contributed by atoms with E-state index < -0.39 is 0 Å². The standard InChI is InChI=1S/C16H28N2/c1-2-10-5-6-17-13(7-10)9-18-16-14-11-3-4-12(8-11)15(14)16/h10-18H,2-9H2,1H3. The van der Waals surface area contributed by atoms with Crippen LogP contribution in [-0.2, 0) is 0 Å². The molecule has 18 heavy (non-hydrogen) atoms. The second kappa shape index (κ2) is 4.49. The third kappa shape index (κ3) is 1.84. The molecule has 1 aliphatic heterocycles. The Balaban J connectivity index is 1.25. The smallest absolute Gasteiger partial charge is 0.0195 e. The zero-order chi connectivity index (χ0) is 12.1. The van der Waals surface area contributed by atoms with Crippen LogP contribution in [0.2, 0.25) is 0 Å². The van der Waals surface area contributed by atoms with Crippen molar-refractivity contribution in [1.82, 2.24) is 10.6 Å². The number of piperidine rings is 1. The third-order valence-electron chi connectivity index (χ3n) is 6.52. The molecule has 102 valence electrons. The van der Waals surface area contributed by atoms with E-state index in [0.717, 1.165) is 41.7 Å². The monoisotopic (exact) mass is 248 g/mol. The van der Waals surface area contributed by atoms with E-state index >= 15 is 0 Å². The molecule has 6 atom stereocenters. The molecule has 3 aliphatic carbocycles. The molecular weight excluding hydrogens is 220 g/mol. The average molecular weight is 248 g/mol. The van der Waals surface area contributed by atoms with E-state index in [1.54, 1.807) is 19.3 Å². The zero-order valence-electron chi connectivity index (χ0n) is 11.7. The Hall–Kier alpha value is -0.0800. The van der Waals surface area contributed by atoms with Crippen LogP contribution in [0.3, 0.4) is 0 Å². The molecule has 1 heterocycles. The van der Waals surface area contributed by atoms with E-state index in [1.807, 2.05) is 0 Å². The maximum atomic E-state index is 3.91. The number of rotatable bonds is 4. The van der Waals surface area contributed by atoms with Gasteiger partial charge < -0.3 is 10.6 Å². The van der Waals surface area contributed by atoms with Gasteiger partial charge >= 0.3 is 0 Å². The average Bonchev–Trinajstić information content (AvgIpc) is 2.80. The molecular formula is C16H28N2. The van der Waals surface area contributed by atoms with E-state index in [1.165, 1.54) is 32.4 Å². The molecule has 0 amide bonds. The predicted molar refractivity (Wildman–Crippen MR) is 74.4 cm³/mol. The Bertz CT molecular complexity index is 300. The highest BCUT2D eigenvalue weighted by molar-refractivity contribution is 5.16. The molecule has 2 nitrogen and oxygen atoms in total. The summed E-state index contributed by atoms with van der Waals surface area (Å²) in [6, 6.07) is 1.67. The number of hydrogen-bond donors (Lipinski definition) is 2. The minimum absolute atomic E-state index is 0.752. The van der Waals surface area contributed by atoms with Crippen molar-refractivity contribution in [2.75, 3.05) is 13.1 Å². The van der Waals surface area contributed by atoms with Gasteiger partial charge in [-0.3, -0.25) is 0 Å². The second-order valence-corrected chi connectivity index (χ2v) is 7.37. The number of hydrogen-bond acceptors (Lipinski definition) is 2. The summed E-state index contributed by atoms with van der Waals surface area (Å²) in [5, 5.41) is 7.62. The van der Waals surface area contributed by atoms with Gasteiger partial charge in [-0.15, -0.1) is 0 Å². The molecule has 2 bridgehead atoms. The van der Waals surface area contributed by atoms with E-state index in [0.29, 0.717) is 0 Å². The summed E-state index contributed by atoms with van der Waals surface area (Å²) in [7, 11) is 0. The minimum Gasteiger partial charge on any atom is -0.313 e. The van der Waals surface area contributed by atoms with Gasteiger partial charge in [0.05, 0.1) is 0 Å². The quantitative estimate of drug-likeness (QED) is 0.798. The van der Waals surface area contributed by atoms with E-state index in [9.17, 15) is 0 Å². The predicted octanol–water partition coefficient (Wildman–Crippen LogP) is 2.40. The summed E-state index contributed by atoms with van der Waals surface area (Å²) in [6.07, 6.45) is 8.83. The molecule has 4 fully saturated rings.